The van der Waals surface area contributed by atoms with Gasteiger partial charge in [0.15, 0.2) is 10.5 Å². The highest BCUT2D eigenvalue weighted by Gasteiger charge is 2.61. The first-order valence-corrected chi connectivity index (χ1v) is 10.6. The molecule has 8 nitrogen and oxygen atoms in total. The van der Waals surface area contributed by atoms with Crippen LogP contribution in [0.4, 0.5) is 17.1 Å². The van der Waals surface area contributed by atoms with Crippen molar-refractivity contribution in [1.82, 2.24) is 5.32 Å². The van der Waals surface area contributed by atoms with E-state index in [1.165, 1.54) is 17.0 Å². The number of nitro groups is 1. The second kappa shape index (κ2) is 7.12. The molecule has 1 spiro atoms. The number of non-ortho nitro benzene ring substituents is 1. The molecule has 0 aliphatic carbocycles. The molecule has 2 saturated heterocycles. The van der Waals surface area contributed by atoms with Crippen molar-refractivity contribution in [2.75, 3.05) is 16.3 Å². The van der Waals surface area contributed by atoms with Crippen LogP contribution in [0.25, 0.3) is 0 Å². The molecule has 2 aromatic rings. The zero-order chi connectivity index (χ0) is 21.8. The molecular weight excluding hydrogens is 416 g/mol. The van der Waals surface area contributed by atoms with Gasteiger partial charge < -0.3 is 10.2 Å². The first kappa shape index (κ1) is 19.6. The van der Waals surface area contributed by atoms with Crippen LogP contribution in [0.15, 0.2) is 48.5 Å². The average molecular weight is 436 g/mol. The van der Waals surface area contributed by atoms with E-state index >= 15 is 0 Å². The molecule has 0 bridgehead atoms. The van der Waals surface area contributed by atoms with Gasteiger partial charge in [0.05, 0.1) is 16.7 Å². The van der Waals surface area contributed by atoms with Crippen molar-refractivity contribution in [3.8, 4) is 0 Å². The molecule has 2 amide bonds. The van der Waals surface area contributed by atoms with Crippen LogP contribution < -0.4 is 15.1 Å². The number of nitrogens with one attached hydrogen (secondary N) is 1. The average Bonchev–Trinajstić information content (AvgIpc) is 2.78. The Balaban J connectivity index is 1.68. The molecule has 9 heteroatoms. The Kier molecular flexibility index (Phi) is 4.51. The van der Waals surface area contributed by atoms with Crippen LogP contribution in [0.2, 0.25) is 0 Å². The van der Waals surface area contributed by atoms with Gasteiger partial charge in [-0.15, -0.1) is 0 Å². The van der Waals surface area contributed by atoms with E-state index in [1.54, 1.807) is 30.3 Å². The molecule has 0 unspecified atom stereocenters. The molecule has 3 heterocycles. The monoisotopic (exact) mass is 436 g/mol. The Morgan fingerprint density at radius 2 is 1.90 bits per heavy atom. The Bertz CT molecular complexity index is 1120. The van der Waals surface area contributed by atoms with Crippen LogP contribution in [0, 0.1) is 15.5 Å². The first-order valence-electron chi connectivity index (χ1n) is 10.2. The summed E-state index contributed by atoms with van der Waals surface area (Å²) in [6.45, 7) is 0.688. The van der Waals surface area contributed by atoms with Crippen LogP contribution in [-0.2, 0) is 16.0 Å². The summed E-state index contributed by atoms with van der Waals surface area (Å²) in [6.07, 6.45) is 2.62. The molecule has 2 aromatic carbocycles. The quantitative estimate of drug-likeness (QED) is 0.337. The van der Waals surface area contributed by atoms with Crippen LogP contribution in [0.3, 0.4) is 0 Å². The van der Waals surface area contributed by atoms with Crippen molar-refractivity contribution in [3.63, 3.8) is 0 Å². The highest BCUT2D eigenvalue weighted by Crippen LogP contribution is 2.48. The maximum absolute atomic E-state index is 14.0. The third kappa shape index (κ3) is 2.83. The van der Waals surface area contributed by atoms with Crippen LogP contribution in [-0.4, -0.2) is 34.4 Å². The van der Waals surface area contributed by atoms with Crippen LogP contribution >= 0.6 is 12.2 Å². The largest absolute Gasteiger partial charge is 0.367 e. The number of fused-ring (bicyclic) bond motifs is 4. The molecule has 0 radical (unpaired) electrons. The standard InChI is InChI=1S/C22H20N4O4S/c27-19-22(20(28)25(21(31)23-19)15-6-2-1-3-7-15)13-14-12-16(26(29)30)9-10-17(14)24-11-5-4-8-18(22)24/h1-3,6-7,9-10,12,18H,4-5,8,11,13H2,(H,23,27,31)/t18-,22-/m0/s1. The third-order valence-electron chi connectivity index (χ3n) is 6.55. The number of nitro benzene ring substituents is 1. The van der Waals surface area contributed by atoms with Gasteiger partial charge in [0, 0.05) is 30.8 Å². The summed E-state index contributed by atoms with van der Waals surface area (Å²) in [5, 5.41) is 14.2. The summed E-state index contributed by atoms with van der Waals surface area (Å²) in [5.41, 5.74) is 0.631. The molecule has 1 N–H and O–H groups in total. The summed E-state index contributed by atoms with van der Waals surface area (Å²) >= 11 is 5.37. The number of hydrogen-bond donors (Lipinski definition) is 1. The lowest BCUT2D eigenvalue weighted by molar-refractivity contribution is -0.384. The summed E-state index contributed by atoms with van der Waals surface area (Å²) < 4.78 is 0. The van der Waals surface area contributed by atoms with Crippen molar-refractivity contribution in [3.05, 3.63) is 64.2 Å². The summed E-state index contributed by atoms with van der Waals surface area (Å²) in [4.78, 5) is 41.9. The second-order valence-corrected chi connectivity index (χ2v) is 8.55. The van der Waals surface area contributed by atoms with E-state index in [2.05, 4.69) is 10.2 Å². The second-order valence-electron chi connectivity index (χ2n) is 8.16. The van der Waals surface area contributed by atoms with E-state index in [1.807, 2.05) is 6.07 Å². The summed E-state index contributed by atoms with van der Waals surface area (Å²) in [7, 11) is 0. The fourth-order valence-electron chi connectivity index (χ4n) is 5.17. The zero-order valence-electron chi connectivity index (χ0n) is 16.6. The van der Waals surface area contributed by atoms with Crippen molar-refractivity contribution < 1.29 is 14.5 Å². The van der Waals surface area contributed by atoms with Crippen LogP contribution in [0.1, 0.15) is 24.8 Å². The van der Waals surface area contributed by atoms with Crippen molar-refractivity contribution in [2.45, 2.75) is 31.7 Å². The number of nitrogens with zero attached hydrogens (tertiary/aromatic N) is 3. The fraction of sp³-hybridized carbons (Fsp3) is 0.318. The number of piperidine rings is 1. The fourth-order valence-corrected chi connectivity index (χ4v) is 5.45. The Hall–Kier alpha value is -3.33. The minimum absolute atomic E-state index is 0.0523. The Morgan fingerprint density at radius 1 is 1.13 bits per heavy atom. The Morgan fingerprint density at radius 3 is 2.65 bits per heavy atom. The van der Waals surface area contributed by atoms with E-state index in [-0.39, 0.29) is 29.2 Å². The predicted molar refractivity (Wildman–Crippen MR) is 119 cm³/mol. The van der Waals surface area contributed by atoms with Crippen LogP contribution in [0.5, 0.6) is 0 Å². The minimum atomic E-state index is -1.40. The third-order valence-corrected chi connectivity index (χ3v) is 6.84. The Labute approximate surface area is 184 Å². The topological polar surface area (TPSA) is 95.8 Å². The van der Waals surface area contributed by atoms with E-state index in [0.29, 0.717) is 24.2 Å². The van der Waals surface area contributed by atoms with E-state index < -0.39 is 16.2 Å². The van der Waals surface area contributed by atoms with Crippen molar-refractivity contribution in [2.24, 2.45) is 5.41 Å². The maximum atomic E-state index is 14.0. The highest BCUT2D eigenvalue weighted by atomic mass is 32.1. The molecule has 3 aliphatic rings. The zero-order valence-corrected chi connectivity index (χ0v) is 17.4. The SMILES string of the molecule is O=C1NC(=S)N(c2ccccc2)C(=O)[C@]12Cc1cc([N+](=O)[O-])ccc1N1CCCC[C@H]12. The molecule has 31 heavy (non-hydrogen) atoms. The first-order chi connectivity index (χ1) is 14.9. The molecule has 0 saturated carbocycles. The number of carbonyl (C=O) groups excluding carboxylic acids is 2. The van der Waals surface area contributed by atoms with Gasteiger partial charge in [0.1, 0.15) is 0 Å². The van der Waals surface area contributed by atoms with Gasteiger partial charge in [-0.05, 0) is 55.2 Å². The van der Waals surface area contributed by atoms with Gasteiger partial charge in [-0.25, -0.2) is 0 Å². The highest BCUT2D eigenvalue weighted by molar-refractivity contribution is 7.80. The van der Waals surface area contributed by atoms with Gasteiger partial charge in [-0.1, -0.05) is 18.2 Å². The number of para-hydroxylation sites is 1. The predicted octanol–water partition coefficient (Wildman–Crippen LogP) is 2.94. The summed E-state index contributed by atoms with van der Waals surface area (Å²) in [5.74, 6) is -0.801. The number of thiocarbonyl (C=S) groups is 1. The lowest BCUT2D eigenvalue weighted by atomic mass is 9.66. The molecule has 2 fully saturated rings. The van der Waals surface area contributed by atoms with Crippen molar-refractivity contribution in [1.29, 1.82) is 0 Å². The molecular formula is C22H20N4O4S. The normalized spacial score (nSPS) is 25.2. The number of benzene rings is 2. The number of rotatable bonds is 2. The molecule has 5 rings (SSSR count). The van der Waals surface area contributed by atoms with Gasteiger partial charge in [0.25, 0.3) is 11.6 Å². The number of anilines is 2. The molecule has 2 atom stereocenters. The molecule has 158 valence electrons. The molecule has 3 aliphatic heterocycles. The molecule has 0 aromatic heterocycles. The lowest BCUT2D eigenvalue weighted by Crippen LogP contribution is -2.72. The van der Waals surface area contributed by atoms with Gasteiger partial charge >= 0.3 is 0 Å². The van der Waals surface area contributed by atoms with E-state index in [4.69, 9.17) is 12.2 Å². The maximum Gasteiger partial charge on any atom is 0.269 e. The summed E-state index contributed by atoms with van der Waals surface area (Å²) in [6, 6.07) is 13.4. The van der Waals surface area contributed by atoms with Gasteiger partial charge in [-0.2, -0.15) is 0 Å². The van der Waals surface area contributed by atoms with E-state index in [0.717, 1.165) is 18.5 Å². The number of hydrogen-bond acceptors (Lipinski definition) is 6. The van der Waals surface area contributed by atoms with Gasteiger partial charge in [0.2, 0.25) is 5.91 Å². The van der Waals surface area contributed by atoms with Crippen molar-refractivity contribution >= 4 is 46.2 Å². The van der Waals surface area contributed by atoms with Gasteiger partial charge in [-0.3, -0.25) is 24.6 Å². The minimum Gasteiger partial charge on any atom is -0.367 e. The lowest BCUT2D eigenvalue weighted by Gasteiger charge is -2.54. The number of amides is 2. The smallest absolute Gasteiger partial charge is 0.269 e. The van der Waals surface area contributed by atoms with E-state index in [9.17, 15) is 19.7 Å². The number of carbonyl (C=O) groups is 2.